The monoisotopic (exact) mass is 228 g/mol. The molecule has 0 spiro atoms. The Morgan fingerprint density at radius 2 is 2.38 bits per heavy atom. The van der Waals surface area contributed by atoms with Crippen molar-refractivity contribution in [2.45, 2.75) is 20.0 Å². The molecule has 0 aliphatic heterocycles. The molecule has 0 saturated heterocycles. The van der Waals surface area contributed by atoms with Crippen LogP contribution in [0.5, 0.6) is 0 Å². The van der Waals surface area contributed by atoms with Crippen molar-refractivity contribution in [2.75, 3.05) is 11.9 Å². The van der Waals surface area contributed by atoms with Gasteiger partial charge >= 0.3 is 5.97 Å². The summed E-state index contributed by atoms with van der Waals surface area (Å²) in [6.07, 6.45) is -1.02. The first-order valence-corrected chi connectivity index (χ1v) is 4.56. The summed E-state index contributed by atoms with van der Waals surface area (Å²) in [4.78, 5) is 21.6. The fraction of sp³-hybridized carbons (Fsp3) is 0.444. The molecule has 0 radical (unpaired) electrons. The minimum absolute atomic E-state index is 0.272. The summed E-state index contributed by atoms with van der Waals surface area (Å²) >= 11 is 0. The Bertz CT molecular complexity index is 387. The lowest BCUT2D eigenvalue weighted by Crippen LogP contribution is -2.26. The number of hydrogen-bond donors (Lipinski definition) is 2. The second kappa shape index (κ2) is 5.26. The van der Waals surface area contributed by atoms with Gasteiger partial charge in [0, 0.05) is 6.07 Å². The molecule has 0 saturated carbocycles. The van der Waals surface area contributed by atoms with E-state index < -0.39 is 18.0 Å². The zero-order valence-corrected chi connectivity index (χ0v) is 8.89. The zero-order valence-electron chi connectivity index (χ0n) is 8.89. The van der Waals surface area contributed by atoms with Crippen LogP contribution in [0.2, 0.25) is 0 Å². The number of aromatic nitrogens is 1. The van der Waals surface area contributed by atoms with Crippen LogP contribution in [0, 0.1) is 6.92 Å². The molecule has 1 rings (SSSR count). The molecule has 1 heterocycles. The topological polar surface area (TPSA) is 102 Å². The molecule has 0 aromatic carbocycles. The van der Waals surface area contributed by atoms with Crippen molar-refractivity contribution < 1.29 is 24.0 Å². The van der Waals surface area contributed by atoms with E-state index in [4.69, 9.17) is 14.4 Å². The third kappa shape index (κ3) is 3.70. The number of ether oxygens (including phenoxy) is 1. The Balaban J connectivity index is 2.34. The van der Waals surface area contributed by atoms with Crippen LogP contribution in [0.1, 0.15) is 12.7 Å². The van der Waals surface area contributed by atoms with Crippen LogP contribution in [0.4, 0.5) is 5.82 Å². The van der Waals surface area contributed by atoms with E-state index in [9.17, 15) is 9.59 Å². The number of amides is 1. The summed E-state index contributed by atoms with van der Waals surface area (Å²) < 4.78 is 9.50. The third-order valence-electron chi connectivity index (χ3n) is 1.71. The van der Waals surface area contributed by atoms with Crippen LogP contribution in [0.25, 0.3) is 0 Å². The molecule has 1 aromatic heterocycles. The summed E-state index contributed by atoms with van der Waals surface area (Å²) in [6, 6.07) is 1.54. The van der Waals surface area contributed by atoms with E-state index in [1.807, 2.05) is 0 Å². The van der Waals surface area contributed by atoms with E-state index >= 15 is 0 Å². The number of carbonyl (C=O) groups excluding carboxylic acids is 1. The number of carboxylic acid groups (broad SMARTS) is 1. The SMILES string of the molecule is Cc1cc(NC(=O)COC(C)C(=O)O)no1. The number of carboxylic acids is 1. The molecule has 88 valence electrons. The van der Waals surface area contributed by atoms with Gasteiger partial charge in [0.15, 0.2) is 11.9 Å². The minimum Gasteiger partial charge on any atom is -0.479 e. The van der Waals surface area contributed by atoms with Gasteiger partial charge in [0.2, 0.25) is 0 Å². The number of aliphatic carboxylic acids is 1. The first-order chi connectivity index (χ1) is 7.49. The van der Waals surface area contributed by atoms with Crippen LogP contribution >= 0.6 is 0 Å². The molecule has 0 aliphatic rings. The summed E-state index contributed by atoms with van der Waals surface area (Å²) in [5.41, 5.74) is 0. The number of nitrogens with zero attached hydrogens (tertiary/aromatic N) is 1. The van der Waals surface area contributed by atoms with Crippen molar-refractivity contribution in [1.29, 1.82) is 0 Å². The Morgan fingerprint density at radius 1 is 1.69 bits per heavy atom. The summed E-state index contributed by atoms with van der Waals surface area (Å²) in [6.45, 7) is 2.68. The quantitative estimate of drug-likeness (QED) is 0.756. The molecule has 16 heavy (non-hydrogen) atoms. The van der Waals surface area contributed by atoms with Crippen LogP contribution < -0.4 is 5.32 Å². The lowest BCUT2D eigenvalue weighted by atomic mass is 10.4. The lowest BCUT2D eigenvalue weighted by Gasteiger charge is -2.07. The summed E-state index contributed by atoms with van der Waals surface area (Å²) in [7, 11) is 0. The largest absolute Gasteiger partial charge is 0.479 e. The van der Waals surface area contributed by atoms with Crippen molar-refractivity contribution in [2.24, 2.45) is 0 Å². The Labute approximate surface area is 91.4 Å². The molecule has 7 nitrogen and oxygen atoms in total. The molecular weight excluding hydrogens is 216 g/mol. The molecule has 7 heteroatoms. The first kappa shape index (κ1) is 12.2. The highest BCUT2D eigenvalue weighted by Gasteiger charge is 2.13. The van der Waals surface area contributed by atoms with Gasteiger partial charge in [0.05, 0.1) is 0 Å². The van der Waals surface area contributed by atoms with Crippen LogP contribution in [0.3, 0.4) is 0 Å². The number of anilines is 1. The molecule has 0 bridgehead atoms. The van der Waals surface area contributed by atoms with Gasteiger partial charge in [-0.2, -0.15) is 0 Å². The van der Waals surface area contributed by atoms with Crippen molar-refractivity contribution >= 4 is 17.7 Å². The Hall–Kier alpha value is -1.89. The highest BCUT2D eigenvalue weighted by molar-refractivity contribution is 5.90. The summed E-state index contributed by atoms with van der Waals surface area (Å²) in [5, 5.41) is 14.4. The fourth-order valence-electron chi connectivity index (χ4n) is 0.876. The molecular formula is C9H12N2O5. The lowest BCUT2D eigenvalue weighted by molar-refractivity contribution is -0.150. The van der Waals surface area contributed by atoms with E-state index in [1.54, 1.807) is 13.0 Å². The highest BCUT2D eigenvalue weighted by Crippen LogP contribution is 2.06. The van der Waals surface area contributed by atoms with Gasteiger partial charge in [-0.15, -0.1) is 0 Å². The molecule has 0 aliphatic carbocycles. The zero-order chi connectivity index (χ0) is 12.1. The number of hydrogen-bond acceptors (Lipinski definition) is 5. The average Bonchev–Trinajstić information content (AvgIpc) is 2.60. The summed E-state index contributed by atoms with van der Waals surface area (Å²) in [5.74, 6) is -0.768. The molecule has 1 amide bonds. The third-order valence-corrected chi connectivity index (χ3v) is 1.71. The molecule has 0 fully saturated rings. The van der Waals surface area contributed by atoms with E-state index in [-0.39, 0.29) is 12.4 Å². The maximum atomic E-state index is 11.2. The van der Waals surface area contributed by atoms with E-state index in [0.717, 1.165) is 0 Å². The van der Waals surface area contributed by atoms with Gasteiger partial charge in [-0.05, 0) is 13.8 Å². The number of carbonyl (C=O) groups is 2. The highest BCUT2D eigenvalue weighted by atomic mass is 16.5. The maximum absolute atomic E-state index is 11.2. The predicted octanol–water partition coefficient (Wildman–Crippen LogP) is 0.411. The van der Waals surface area contributed by atoms with E-state index in [0.29, 0.717) is 5.76 Å². The van der Waals surface area contributed by atoms with Crippen LogP contribution in [-0.4, -0.2) is 34.9 Å². The molecule has 1 unspecified atom stereocenters. The van der Waals surface area contributed by atoms with Gasteiger partial charge in [-0.3, -0.25) is 4.79 Å². The average molecular weight is 228 g/mol. The van der Waals surface area contributed by atoms with Gasteiger partial charge in [-0.1, -0.05) is 5.16 Å². The van der Waals surface area contributed by atoms with E-state index in [1.165, 1.54) is 6.92 Å². The number of aryl methyl sites for hydroxylation is 1. The Morgan fingerprint density at radius 3 is 2.88 bits per heavy atom. The Kier molecular flexibility index (Phi) is 4.01. The molecule has 1 atom stereocenters. The van der Waals surface area contributed by atoms with Gasteiger partial charge in [0.25, 0.3) is 5.91 Å². The second-order valence-electron chi connectivity index (χ2n) is 3.16. The second-order valence-corrected chi connectivity index (χ2v) is 3.16. The smallest absolute Gasteiger partial charge is 0.332 e. The number of rotatable bonds is 5. The molecule has 2 N–H and O–H groups in total. The minimum atomic E-state index is -1.12. The van der Waals surface area contributed by atoms with Crippen molar-refractivity contribution in [3.05, 3.63) is 11.8 Å². The number of nitrogens with one attached hydrogen (secondary N) is 1. The van der Waals surface area contributed by atoms with E-state index in [2.05, 4.69) is 10.5 Å². The van der Waals surface area contributed by atoms with Crippen molar-refractivity contribution in [3.8, 4) is 0 Å². The predicted molar refractivity (Wildman–Crippen MR) is 52.9 cm³/mol. The fourth-order valence-corrected chi connectivity index (χ4v) is 0.876. The molecule has 1 aromatic rings. The first-order valence-electron chi connectivity index (χ1n) is 4.56. The standard InChI is InChI=1S/C9H12N2O5/c1-5-3-7(11-16-5)10-8(12)4-15-6(2)9(13)14/h3,6H,4H2,1-2H3,(H,13,14)(H,10,11,12). The normalized spacial score (nSPS) is 12.1. The van der Waals surface area contributed by atoms with Gasteiger partial charge in [0.1, 0.15) is 12.4 Å². The maximum Gasteiger partial charge on any atom is 0.332 e. The van der Waals surface area contributed by atoms with Crippen molar-refractivity contribution in [1.82, 2.24) is 5.16 Å². The van der Waals surface area contributed by atoms with Crippen LogP contribution in [-0.2, 0) is 14.3 Å². The van der Waals surface area contributed by atoms with Gasteiger partial charge < -0.3 is 19.7 Å². The van der Waals surface area contributed by atoms with Gasteiger partial charge in [-0.25, -0.2) is 4.79 Å². The van der Waals surface area contributed by atoms with Crippen molar-refractivity contribution in [3.63, 3.8) is 0 Å². The van der Waals surface area contributed by atoms with Crippen LogP contribution in [0.15, 0.2) is 10.6 Å².